The van der Waals surface area contributed by atoms with Crippen LogP contribution < -0.4 is 9.62 Å². The minimum absolute atomic E-state index is 0.0122. The summed E-state index contributed by atoms with van der Waals surface area (Å²) < 4.78 is 54.9. The van der Waals surface area contributed by atoms with Gasteiger partial charge in [-0.05, 0) is 50.1 Å². The molecule has 154 valence electrons. The number of anilines is 2. The van der Waals surface area contributed by atoms with Crippen LogP contribution in [0.4, 0.5) is 11.4 Å². The normalized spacial score (nSPS) is 12.3. The first-order valence-corrected chi connectivity index (χ1v) is 11.5. The van der Waals surface area contributed by atoms with Gasteiger partial charge in [-0.2, -0.15) is 0 Å². The summed E-state index contributed by atoms with van der Waals surface area (Å²) in [7, 11) is -1.24. The number of hydrogen-bond acceptors (Lipinski definition) is 5. The van der Waals surface area contributed by atoms with E-state index in [1.807, 2.05) is 6.92 Å². The summed E-state index contributed by atoms with van der Waals surface area (Å²) in [5.41, 5.74) is 3.00. The minimum Gasteiger partial charge on any atom is -0.376 e. The first kappa shape index (κ1) is 22.2. The van der Waals surface area contributed by atoms with Crippen LogP contribution in [0.2, 0.25) is 0 Å². The first-order valence-electron chi connectivity index (χ1n) is 8.62. The molecular formula is C19H27N3O4S2. The summed E-state index contributed by atoms with van der Waals surface area (Å²) in [5, 5.41) is 0. The second kappa shape index (κ2) is 7.73. The lowest BCUT2D eigenvalue weighted by molar-refractivity contribution is 0.520. The van der Waals surface area contributed by atoms with Gasteiger partial charge in [0.2, 0.25) is 10.0 Å². The molecule has 0 spiro atoms. The van der Waals surface area contributed by atoms with E-state index in [9.17, 15) is 16.8 Å². The molecule has 0 bridgehead atoms. The van der Waals surface area contributed by atoms with E-state index in [2.05, 4.69) is 4.72 Å². The third-order valence-electron chi connectivity index (χ3n) is 4.35. The van der Waals surface area contributed by atoms with Gasteiger partial charge in [0.05, 0.1) is 21.2 Å². The van der Waals surface area contributed by atoms with Crippen LogP contribution in [-0.2, 0) is 20.0 Å². The largest absolute Gasteiger partial charge is 0.376 e. The summed E-state index contributed by atoms with van der Waals surface area (Å²) in [5.74, 6) is 0. The van der Waals surface area contributed by atoms with Crippen molar-refractivity contribution in [1.29, 1.82) is 0 Å². The summed E-state index contributed by atoms with van der Waals surface area (Å²) in [6.45, 7) is 5.40. The summed E-state index contributed by atoms with van der Waals surface area (Å²) >= 11 is 0. The highest BCUT2D eigenvalue weighted by atomic mass is 32.2. The van der Waals surface area contributed by atoms with E-state index in [1.54, 1.807) is 51.0 Å². The molecule has 2 aromatic carbocycles. The molecule has 0 unspecified atom stereocenters. The van der Waals surface area contributed by atoms with Gasteiger partial charge >= 0.3 is 0 Å². The van der Waals surface area contributed by atoms with Gasteiger partial charge in [0.15, 0.2) is 0 Å². The molecule has 1 N–H and O–H groups in total. The van der Waals surface area contributed by atoms with E-state index in [4.69, 9.17) is 0 Å². The smallest absolute Gasteiger partial charge is 0.262 e. The molecule has 7 nitrogen and oxygen atoms in total. The van der Waals surface area contributed by atoms with Gasteiger partial charge in [0.25, 0.3) is 10.0 Å². The Kier molecular flexibility index (Phi) is 6.13. The highest BCUT2D eigenvalue weighted by Crippen LogP contribution is 2.32. The monoisotopic (exact) mass is 425 g/mol. The van der Waals surface area contributed by atoms with E-state index in [-0.39, 0.29) is 15.5 Å². The van der Waals surface area contributed by atoms with Crippen molar-refractivity contribution in [1.82, 2.24) is 4.31 Å². The Balaban J connectivity index is 2.64. The quantitative estimate of drug-likeness (QED) is 0.769. The summed E-state index contributed by atoms with van der Waals surface area (Å²) in [6.07, 6.45) is 0. The number of nitrogens with zero attached hydrogens (tertiary/aromatic N) is 2. The molecule has 0 aliphatic rings. The molecule has 0 amide bonds. The van der Waals surface area contributed by atoms with Crippen molar-refractivity contribution >= 4 is 31.4 Å². The van der Waals surface area contributed by atoms with Crippen molar-refractivity contribution in [3.05, 3.63) is 47.0 Å². The summed E-state index contributed by atoms with van der Waals surface area (Å²) in [6, 6.07) is 8.01. The van der Waals surface area contributed by atoms with Gasteiger partial charge in [-0.25, -0.2) is 21.1 Å². The van der Waals surface area contributed by atoms with Crippen molar-refractivity contribution < 1.29 is 16.8 Å². The Morgan fingerprint density at radius 2 is 1.36 bits per heavy atom. The highest BCUT2D eigenvalue weighted by molar-refractivity contribution is 7.93. The topological polar surface area (TPSA) is 86.8 Å². The van der Waals surface area contributed by atoms with Crippen molar-refractivity contribution in [2.24, 2.45) is 0 Å². The molecule has 0 radical (unpaired) electrons. The van der Waals surface area contributed by atoms with Crippen molar-refractivity contribution in [2.75, 3.05) is 37.8 Å². The fourth-order valence-electron chi connectivity index (χ4n) is 3.14. The van der Waals surface area contributed by atoms with Crippen LogP contribution in [0.5, 0.6) is 0 Å². The zero-order valence-corrected chi connectivity index (χ0v) is 18.9. The minimum atomic E-state index is -3.92. The van der Waals surface area contributed by atoms with Gasteiger partial charge in [0.1, 0.15) is 0 Å². The lowest BCUT2D eigenvalue weighted by atomic mass is 10.1. The van der Waals surface area contributed by atoms with Crippen LogP contribution in [0.3, 0.4) is 0 Å². The molecule has 2 rings (SSSR count). The first-order chi connectivity index (χ1) is 12.8. The Labute approximate surface area is 168 Å². The van der Waals surface area contributed by atoms with Gasteiger partial charge in [0, 0.05) is 28.2 Å². The number of nitrogens with one attached hydrogen (secondary N) is 1. The van der Waals surface area contributed by atoms with E-state index in [1.165, 1.54) is 26.2 Å². The number of aryl methyl sites for hydroxylation is 3. The maximum Gasteiger partial charge on any atom is 0.262 e. The van der Waals surface area contributed by atoms with Crippen molar-refractivity contribution in [2.45, 2.75) is 30.6 Å². The Morgan fingerprint density at radius 3 is 1.82 bits per heavy atom. The predicted octanol–water partition coefficient (Wildman–Crippen LogP) is 2.73. The molecule has 2 aromatic rings. The number of rotatable bonds is 6. The molecule has 28 heavy (non-hydrogen) atoms. The second-order valence-electron chi connectivity index (χ2n) is 7.19. The van der Waals surface area contributed by atoms with Crippen LogP contribution in [-0.4, -0.2) is 49.3 Å². The van der Waals surface area contributed by atoms with Crippen molar-refractivity contribution in [3.8, 4) is 0 Å². The average molecular weight is 426 g/mol. The Hall–Kier alpha value is -2.10. The number of hydrogen-bond donors (Lipinski definition) is 1. The highest BCUT2D eigenvalue weighted by Gasteiger charge is 2.24. The van der Waals surface area contributed by atoms with Gasteiger partial charge in [-0.3, -0.25) is 4.72 Å². The van der Waals surface area contributed by atoms with Gasteiger partial charge in [-0.1, -0.05) is 17.7 Å². The van der Waals surface area contributed by atoms with Crippen LogP contribution in [0.15, 0.2) is 40.1 Å². The lowest BCUT2D eigenvalue weighted by Gasteiger charge is -2.21. The molecule has 0 atom stereocenters. The lowest BCUT2D eigenvalue weighted by Crippen LogP contribution is -2.23. The maximum atomic E-state index is 13.1. The van der Waals surface area contributed by atoms with E-state index < -0.39 is 20.0 Å². The van der Waals surface area contributed by atoms with Crippen LogP contribution >= 0.6 is 0 Å². The third-order valence-corrected chi connectivity index (χ3v) is 7.83. The average Bonchev–Trinajstić information content (AvgIpc) is 2.52. The Bertz CT molecular complexity index is 1080. The molecule has 0 fully saturated rings. The zero-order valence-electron chi connectivity index (χ0n) is 17.2. The standard InChI is InChI=1S/C19H27N3O4S2/c1-13-10-14(2)19(15(3)11-13)27(23,24)20-17-12-16(28(25,26)22(6)7)8-9-18(17)21(4)5/h8-12,20H,1-7H3. The van der Waals surface area contributed by atoms with E-state index >= 15 is 0 Å². The molecule has 0 aromatic heterocycles. The molecular weight excluding hydrogens is 398 g/mol. The second-order valence-corrected chi connectivity index (χ2v) is 11.0. The molecule has 0 saturated heterocycles. The number of sulfonamides is 2. The molecule has 9 heteroatoms. The summed E-state index contributed by atoms with van der Waals surface area (Å²) in [4.78, 5) is 1.93. The van der Waals surface area contributed by atoms with E-state index in [0.717, 1.165) is 9.87 Å². The zero-order chi connectivity index (χ0) is 21.4. The fraction of sp³-hybridized carbons (Fsp3) is 0.368. The van der Waals surface area contributed by atoms with Crippen molar-refractivity contribution in [3.63, 3.8) is 0 Å². The maximum absolute atomic E-state index is 13.1. The van der Waals surface area contributed by atoms with Gasteiger partial charge in [-0.15, -0.1) is 0 Å². The predicted molar refractivity (Wildman–Crippen MR) is 113 cm³/mol. The van der Waals surface area contributed by atoms with Crippen LogP contribution in [0.1, 0.15) is 16.7 Å². The molecule has 0 aliphatic carbocycles. The SMILES string of the molecule is Cc1cc(C)c(S(=O)(=O)Nc2cc(S(=O)(=O)N(C)C)ccc2N(C)C)c(C)c1. The number of benzene rings is 2. The molecule has 0 heterocycles. The molecule has 0 aliphatic heterocycles. The fourth-order valence-corrected chi connectivity index (χ4v) is 5.59. The van der Waals surface area contributed by atoms with Gasteiger partial charge < -0.3 is 4.90 Å². The Morgan fingerprint density at radius 1 is 0.821 bits per heavy atom. The third kappa shape index (κ3) is 4.31. The molecule has 0 saturated carbocycles. The van der Waals surface area contributed by atoms with Crippen LogP contribution in [0.25, 0.3) is 0 Å². The van der Waals surface area contributed by atoms with E-state index in [0.29, 0.717) is 16.8 Å². The van der Waals surface area contributed by atoms with Crippen LogP contribution in [0, 0.1) is 20.8 Å².